The molecular formula is C15H17N3O3. The van der Waals surface area contributed by atoms with Gasteiger partial charge in [-0.15, -0.1) is 0 Å². The lowest BCUT2D eigenvalue weighted by Gasteiger charge is -2.19. The molecule has 1 N–H and O–H groups in total. The molecule has 0 radical (unpaired) electrons. The highest BCUT2D eigenvalue weighted by molar-refractivity contribution is 5.85. The molecule has 0 aromatic heterocycles. The summed E-state index contributed by atoms with van der Waals surface area (Å²) in [4.78, 5) is 22.2. The topological polar surface area (TPSA) is 96.0 Å². The van der Waals surface area contributed by atoms with Crippen molar-refractivity contribution in [3.05, 3.63) is 39.9 Å². The molecule has 0 bridgehead atoms. The summed E-state index contributed by atoms with van der Waals surface area (Å²) in [5, 5.41) is 22.6. The van der Waals surface area contributed by atoms with Gasteiger partial charge in [-0.1, -0.05) is 25.0 Å². The van der Waals surface area contributed by atoms with Crippen molar-refractivity contribution in [3.8, 4) is 6.07 Å². The SMILES string of the molecule is N#CC1(C(=O)NCCc2ccc([N+](=O)[O-])cc2)CCCC1. The predicted molar refractivity (Wildman–Crippen MR) is 76.3 cm³/mol. The molecule has 0 heterocycles. The lowest BCUT2D eigenvalue weighted by molar-refractivity contribution is -0.384. The Balaban J connectivity index is 1.85. The number of nitrogens with one attached hydrogen (secondary N) is 1. The monoisotopic (exact) mass is 287 g/mol. The summed E-state index contributed by atoms with van der Waals surface area (Å²) in [6, 6.07) is 8.42. The van der Waals surface area contributed by atoms with E-state index in [1.807, 2.05) is 0 Å². The van der Waals surface area contributed by atoms with Gasteiger partial charge in [-0.25, -0.2) is 0 Å². The summed E-state index contributed by atoms with van der Waals surface area (Å²) in [5.74, 6) is -0.190. The molecule has 0 atom stereocenters. The third-order valence-corrected chi connectivity index (χ3v) is 3.95. The molecule has 1 aromatic carbocycles. The number of benzene rings is 1. The lowest BCUT2D eigenvalue weighted by atomic mass is 9.87. The zero-order valence-electron chi connectivity index (χ0n) is 11.7. The number of carbonyl (C=O) groups excluding carboxylic acids is 1. The van der Waals surface area contributed by atoms with Gasteiger partial charge in [0.1, 0.15) is 5.41 Å². The molecule has 21 heavy (non-hydrogen) atoms. The fraction of sp³-hybridized carbons (Fsp3) is 0.467. The number of nitro benzene ring substituents is 1. The second kappa shape index (κ2) is 6.35. The van der Waals surface area contributed by atoms with Crippen molar-refractivity contribution in [2.75, 3.05) is 6.54 Å². The second-order valence-corrected chi connectivity index (χ2v) is 5.33. The predicted octanol–water partition coefficient (Wildman–Crippen LogP) is 2.34. The van der Waals surface area contributed by atoms with E-state index in [1.165, 1.54) is 12.1 Å². The van der Waals surface area contributed by atoms with Crippen LogP contribution in [-0.2, 0) is 11.2 Å². The Kier molecular flexibility index (Phi) is 4.53. The van der Waals surface area contributed by atoms with Crippen LogP contribution in [-0.4, -0.2) is 17.4 Å². The normalized spacial score (nSPS) is 16.1. The molecule has 0 aliphatic heterocycles. The van der Waals surface area contributed by atoms with Gasteiger partial charge in [-0.3, -0.25) is 14.9 Å². The Morgan fingerprint density at radius 3 is 2.48 bits per heavy atom. The molecule has 1 aromatic rings. The van der Waals surface area contributed by atoms with E-state index in [0.717, 1.165) is 18.4 Å². The van der Waals surface area contributed by atoms with Crippen LogP contribution in [0.2, 0.25) is 0 Å². The third kappa shape index (κ3) is 3.37. The van der Waals surface area contributed by atoms with E-state index < -0.39 is 10.3 Å². The van der Waals surface area contributed by atoms with Crippen molar-refractivity contribution in [1.29, 1.82) is 5.26 Å². The highest BCUT2D eigenvalue weighted by Gasteiger charge is 2.41. The summed E-state index contributed by atoms with van der Waals surface area (Å²) in [6.07, 6.45) is 3.69. The standard InChI is InChI=1S/C15H17N3O3/c16-11-15(8-1-2-9-15)14(19)17-10-7-12-3-5-13(6-4-12)18(20)21/h3-6H,1-2,7-10H2,(H,17,19). The van der Waals surface area contributed by atoms with Gasteiger partial charge in [0.2, 0.25) is 5.91 Å². The number of amides is 1. The molecule has 0 spiro atoms. The maximum absolute atomic E-state index is 12.1. The molecule has 1 saturated carbocycles. The number of nitriles is 1. The second-order valence-electron chi connectivity index (χ2n) is 5.33. The van der Waals surface area contributed by atoms with Crippen LogP contribution in [0.25, 0.3) is 0 Å². The lowest BCUT2D eigenvalue weighted by Crippen LogP contribution is -2.39. The Morgan fingerprint density at radius 1 is 1.33 bits per heavy atom. The third-order valence-electron chi connectivity index (χ3n) is 3.95. The average Bonchev–Trinajstić information content (AvgIpc) is 2.98. The first-order valence-electron chi connectivity index (χ1n) is 7.00. The average molecular weight is 287 g/mol. The van der Waals surface area contributed by atoms with Crippen LogP contribution >= 0.6 is 0 Å². The summed E-state index contributed by atoms with van der Waals surface area (Å²) < 4.78 is 0. The fourth-order valence-electron chi connectivity index (χ4n) is 2.64. The van der Waals surface area contributed by atoms with Gasteiger partial charge in [0.25, 0.3) is 5.69 Å². The number of carbonyl (C=O) groups is 1. The minimum Gasteiger partial charge on any atom is -0.354 e. The molecule has 0 unspecified atom stereocenters. The molecule has 1 aliphatic carbocycles. The van der Waals surface area contributed by atoms with Crippen LogP contribution in [0.3, 0.4) is 0 Å². The maximum Gasteiger partial charge on any atom is 0.269 e. The van der Waals surface area contributed by atoms with Crippen molar-refractivity contribution in [3.63, 3.8) is 0 Å². The molecule has 2 rings (SSSR count). The summed E-state index contributed by atoms with van der Waals surface area (Å²) in [5.41, 5.74) is 0.116. The van der Waals surface area contributed by atoms with Gasteiger partial charge in [0, 0.05) is 18.7 Å². The zero-order valence-corrected chi connectivity index (χ0v) is 11.7. The van der Waals surface area contributed by atoms with Crippen molar-refractivity contribution in [2.45, 2.75) is 32.1 Å². The van der Waals surface area contributed by atoms with E-state index in [4.69, 9.17) is 0 Å². The minimum atomic E-state index is -0.852. The van der Waals surface area contributed by atoms with Gasteiger partial charge in [-0.2, -0.15) is 5.26 Å². The molecule has 110 valence electrons. The van der Waals surface area contributed by atoms with Crippen LogP contribution in [0.1, 0.15) is 31.2 Å². The minimum absolute atomic E-state index is 0.0529. The zero-order chi connectivity index (χ0) is 15.3. The number of non-ortho nitro benzene ring substituents is 1. The van der Waals surface area contributed by atoms with Crippen molar-refractivity contribution in [2.24, 2.45) is 5.41 Å². The fourth-order valence-corrected chi connectivity index (χ4v) is 2.64. The molecule has 0 saturated heterocycles. The largest absolute Gasteiger partial charge is 0.354 e. The number of rotatable bonds is 5. The van der Waals surface area contributed by atoms with Gasteiger partial charge in [0.05, 0.1) is 11.0 Å². The van der Waals surface area contributed by atoms with Crippen LogP contribution in [0, 0.1) is 26.9 Å². The summed E-state index contributed by atoms with van der Waals surface area (Å²) in [6.45, 7) is 0.431. The van der Waals surface area contributed by atoms with Gasteiger partial charge in [-0.05, 0) is 24.8 Å². The Labute approximate surface area is 122 Å². The molecule has 1 fully saturated rings. The van der Waals surface area contributed by atoms with E-state index in [1.54, 1.807) is 12.1 Å². The van der Waals surface area contributed by atoms with Gasteiger partial charge >= 0.3 is 0 Å². The summed E-state index contributed by atoms with van der Waals surface area (Å²) in [7, 11) is 0. The van der Waals surface area contributed by atoms with Crippen LogP contribution < -0.4 is 5.32 Å². The van der Waals surface area contributed by atoms with Gasteiger partial charge in [0.15, 0.2) is 0 Å². The van der Waals surface area contributed by atoms with Crippen LogP contribution in [0.4, 0.5) is 5.69 Å². The number of nitrogens with zero attached hydrogens (tertiary/aromatic N) is 2. The first-order valence-corrected chi connectivity index (χ1v) is 7.00. The highest BCUT2D eigenvalue weighted by Crippen LogP contribution is 2.37. The molecular weight excluding hydrogens is 270 g/mol. The van der Waals surface area contributed by atoms with E-state index in [0.29, 0.717) is 25.8 Å². The first-order chi connectivity index (χ1) is 10.1. The summed E-state index contributed by atoms with van der Waals surface area (Å²) >= 11 is 0. The van der Waals surface area contributed by atoms with Gasteiger partial charge < -0.3 is 5.32 Å². The smallest absolute Gasteiger partial charge is 0.269 e. The quantitative estimate of drug-likeness (QED) is 0.664. The molecule has 1 amide bonds. The Bertz CT molecular complexity index is 569. The van der Waals surface area contributed by atoms with E-state index >= 15 is 0 Å². The van der Waals surface area contributed by atoms with E-state index in [9.17, 15) is 20.2 Å². The van der Waals surface area contributed by atoms with E-state index in [2.05, 4.69) is 11.4 Å². The first kappa shape index (κ1) is 15.0. The maximum atomic E-state index is 12.1. The van der Waals surface area contributed by atoms with E-state index in [-0.39, 0.29) is 11.6 Å². The number of hydrogen-bond donors (Lipinski definition) is 1. The molecule has 6 nitrogen and oxygen atoms in total. The highest BCUT2D eigenvalue weighted by atomic mass is 16.6. The van der Waals surface area contributed by atoms with Crippen LogP contribution in [0.15, 0.2) is 24.3 Å². The molecule has 1 aliphatic rings. The van der Waals surface area contributed by atoms with Crippen molar-refractivity contribution >= 4 is 11.6 Å². The number of hydrogen-bond acceptors (Lipinski definition) is 4. The van der Waals surface area contributed by atoms with Crippen LogP contribution in [0.5, 0.6) is 0 Å². The Morgan fingerprint density at radius 2 is 1.95 bits per heavy atom. The van der Waals surface area contributed by atoms with Crippen molar-refractivity contribution in [1.82, 2.24) is 5.32 Å². The number of nitro groups is 1. The Hall–Kier alpha value is -2.42. The van der Waals surface area contributed by atoms with Crippen molar-refractivity contribution < 1.29 is 9.72 Å². The molecule has 6 heteroatoms.